The zero-order valence-electron chi connectivity index (χ0n) is 10.2. The monoisotopic (exact) mass is 302 g/mol. The summed E-state index contributed by atoms with van der Waals surface area (Å²) in [5.41, 5.74) is 0. The van der Waals surface area contributed by atoms with Crippen molar-refractivity contribution < 1.29 is 13.6 Å². The summed E-state index contributed by atoms with van der Waals surface area (Å²) in [6.45, 7) is 8.80. The SMILES string of the molecule is CCCC[Se]C(C)P(=O)(OCC)OCC. The molecule has 5 heteroatoms. The Morgan fingerprint density at radius 2 is 1.73 bits per heavy atom. The average molecular weight is 301 g/mol. The van der Waals surface area contributed by atoms with E-state index in [1.165, 1.54) is 12.8 Å². The van der Waals surface area contributed by atoms with Gasteiger partial charge in [0, 0.05) is 0 Å². The van der Waals surface area contributed by atoms with E-state index in [9.17, 15) is 4.57 Å². The fourth-order valence-corrected chi connectivity index (χ4v) is 6.63. The van der Waals surface area contributed by atoms with Crippen LogP contribution < -0.4 is 0 Å². The molecular weight excluding hydrogens is 278 g/mol. The average Bonchev–Trinajstić information content (AvgIpc) is 2.18. The fraction of sp³-hybridized carbons (Fsp3) is 1.00. The number of rotatable bonds is 9. The Hall–Kier alpha value is 0.669. The van der Waals surface area contributed by atoms with Crippen LogP contribution in [0.1, 0.15) is 40.5 Å². The maximum absolute atomic E-state index is 12.3. The Kier molecular flexibility index (Phi) is 9.17. The Balaban J connectivity index is 4.15. The van der Waals surface area contributed by atoms with Crippen molar-refractivity contribution in [3.63, 3.8) is 0 Å². The first kappa shape index (κ1) is 15.7. The van der Waals surface area contributed by atoms with E-state index >= 15 is 0 Å². The van der Waals surface area contributed by atoms with Gasteiger partial charge in [-0.15, -0.1) is 0 Å². The van der Waals surface area contributed by atoms with Gasteiger partial charge in [0.25, 0.3) is 0 Å². The summed E-state index contributed by atoms with van der Waals surface area (Å²) in [7, 11) is -2.82. The number of hydrogen-bond acceptors (Lipinski definition) is 3. The van der Waals surface area contributed by atoms with E-state index in [-0.39, 0.29) is 4.56 Å². The van der Waals surface area contributed by atoms with Gasteiger partial charge in [-0.25, -0.2) is 0 Å². The van der Waals surface area contributed by atoms with E-state index in [0.717, 1.165) is 5.32 Å². The summed E-state index contributed by atoms with van der Waals surface area (Å²) in [6, 6.07) is 0. The second-order valence-corrected chi connectivity index (χ2v) is 9.39. The molecule has 0 rings (SSSR count). The van der Waals surface area contributed by atoms with Gasteiger partial charge in [-0.05, 0) is 0 Å². The Labute approximate surface area is 100.0 Å². The third kappa shape index (κ3) is 6.09. The molecule has 0 bridgehead atoms. The molecule has 15 heavy (non-hydrogen) atoms. The summed E-state index contributed by atoms with van der Waals surface area (Å²) < 4.78 is 23.0. The molecule has 1 unspecified atom stereocenters. The van der Waals surface area contributed by atoms with Crippen LogP contribution in [0.5, 0.6) is 0 Å². The summed E-state index contributed by atoms with van der Waals surface area (Å²) in [4.78, 5) is 0. The van der Waals surface area contributed by atoms with Crippen molar-refractivity contribution in [1.29, 1.82) is 0 Å². The molecule has 92 valence electrons. The van der Waals surface area contributed by atoms with Gasteiger partial charge in [-0.2, -0.15) is 0 Å². The molecule has 0 fully saturated rings. The van der Waals surface area contributed by atoms with Crippen LogP contribution in [0.15, 0.2) is 0 Å². The Bertz CT molecular complexity index is 189. The van der Waals surface area contributed by atoms with E-state index < -0.39 is 7.60 Å². The summed E-state index contributed by atoms with van der Waals surface area (Å²) in [5.74, 6) is 0. The topological polar surface area (TPSA) is 35.5 Å². The third-order valence-corrected chi connectivity index (χ3v) is 8.56. The first-order valence-corrected chi connectivity index (χ1v) is 9.42. The molecular formula is C10H23O3PSe. The van der Waals surface area contributed by atoms with Crippen molar-refractivity contribution in [2.45, 2.75) is 50.4 Å². The van der Waals surface area contributed by atoms with E-state index in [0.29, 0.717) is 28.2 Å². The first-order chi connectivity index (χ1) is 7.10. The minimum absolute atomic E-state index is 0.0800. The van der Waals surface area contributed by atoms with Crippen LogP contribution in [0.25, 0.3) is 0 Å². The number of unbranched alkanes of at least 4 members (excludes halogenated alkanes) is 1. The Morgan fingerprint density at radius 1 is 1.20 bits per heavy atom. The number of hydrogen-bond donors (Lipinski definition) is 0. The molecule has 0 saturated heterocycles. The van der Waals surface area contributed by atoms with Crippen LogP contribution >= 0.6 is 7.60 Å². The van der Waals surface area contributed by atoms with Gasteiger partial charge in [0.2, 0.25) is 0 Å². The molecule has 0 saturated carbocycles. The molecule has 0 spiro atoms. The van der Waals surface area contributed by atoms with E-state index in [4.69, 9.17) is 9.05 Å². The summed E-state index contributed by atoms with van der Waals surface area (Å²) in [6.07, 6.45) is 2.41. The van der Waals surface area contributed by atoms with Crippen LogP contribution in [-0.4, -0.2) is 32.7 Å². The van der Waals surface area contributed by atoms with Crippen LogP contribution in [0, 0.1) is 0 Å². The first-order valence-electron chi connectivity index (χ1n) is 5.61. The second-order valence-electron chi connectivity index (χ2n) is 3.20. The van der Waals surface area contributed by atoms with Gasteiger partial charge >= 0.3 is 99.8 Å². The van der Waals surface area contributed by atoms with Crippen LogP contribution in [-0.2, 0) is 13.6 Å². The van der Waals surface area contributed by atoms with Crippen molar-refractivity contribution in [3.05, 3.63) is 0 Å². The molecule has 0 aromatic heterocycles. The van der Waals surface area contributed by atoms with Gasteiger partial charge in [-0.1, -0.05) is 0 Å². The van der Waals surface area contributed by atoms with Crippen LogP contribution in [0.4, 0.5) is 0 Å². The van der Waals surface area contributed by atoms with E-state index in [2.05, 4.69) is 6.92 Å². The molecule has 3 nitrogen and oxygen atoms in total. The fourth-order valence-electron chi connectivity index (χ4n) is 1.10. The van der Waals surface area contributed by atoms with Gasteiger partial charge in [0.05, 0.1) is 0 Å². The van der Waals surface area contributed by atoms with Crippen molar-refractivity contribution in [2.24, 2.45) is 0 Å². The normalized spacial score (nSPS) is 14.1. The van der Waals surface area contributed by atoms with Crippen LogP contribution in [0.3, 0.4) is 0 Å². The molecule has 0 aromatic carbocycles. The molecule has 0 aliphatic heterocycles. The van der Waals surface area contributed by atoms with Crippen molar-refractivity contribution in [1.82, 2.24) is 0 Å². The van der Waals surface area contributed by atoms with Gasteiger partial charge in [-0.3, -0.25) is 0 Å². The summed E-state index contributed by atoms with van der Waals surface area (Å²) >= 11 is 0.357. The van der Waals surface area contributed by atoms with Gasteiger partial charge in [0.15, 0.2) is 0 Å². The maximum atomic E-state index is 12.3. The molecule has 1 atom stereocenters. The Morgan fingerprint density at radius 3 is 2.13 bits per heavy atom. The predicted molar refractivity (Wildman–Crippen MR) is 65.8 cm³/mol. The molecule has 0 heterocycles. The zero-order chi connectivity index (χ0) is 11.7. The molecule has 0 aromatic rings. The quantitative estimate of drug-likeness (QED) is 0.371. The van der Waals surface area contributed by atoms with Gasteiger partial charge < -0.3 is 0 Å². The summed E-state index contributed by atoms with van der Waals surface area (Å²) in [5, 5.41) is 1.16. The van der Waals surface area contributed by atoms with Crippen molar-refractivity contribution >= 4 is 22.6 Å². The zero-order valence-corrected chi connectivity index (χ0v) is 12.8. The van der Waals surface area contributed by atoms with E-state index in [1.807, 2.05) is 20.8 Å². The molecule has 0 radical (unpaired) electrons. The van der Waals surface area contributed by atoms with Crippen LogP contribution in [0.2, 0.25) is 5.32 Å². The standard InChI is InChI=1S/C10H23O3PSe/c1-5-8-9-15-10(4)14(11,12-6-2)13-7-3/h10H,5-9H2,1-4H3. The second kappa shape index (κ2) is 8.78. The predicted octanol–water partition coefficient (Wildman–Crippen LogP) is 3.52. The third-order valence-electron chi connectivity index (χ3n) is 1.92. The van der Waals surface area contributed by atoms with Gasteiger partial charge in [0.1, 0.15) is 0 Å². The molecule has 0 N–H and O–H groups in total. The van der Waals surface area contributed by atoms with Crippen molar-refractivity contribution in [2.75, 3.05) is 13.2 Å². The molecule has 0 aliphatic carbocycles. The van der Waals surface area contributed by atoms with Crippen molar-refractivity contribution in [3.8, 4) is 0 Å². The minimum atomic E-state index is -2.82. The molecule has 0 amide bonds. The van der Waals surface area contributed by atoms with E-state index in [1.54, 1.807) is 0 Å². The molecule has 0 aliphatic rings.